The first-order valence-corrected chi connectivity index (χ1v) is 3.37. The minimum Gasteiger partial charge on any atom is -0.480 e. The molecule has 4 heteroatoms. The van der Waals surface area contributed by atoms with E-state index in [0.29, 0.717) is 6.42 Å². The van der Waals surface area contributed by atoms with Gasteiger partial charge in [0.25, 0.3) is 0 Å². The number of aliphatic carboxylic acids is 1. The van der Waals surface area contributed by atoms with Crippen LogP contribution in [0.15, 0.2) is 0 Å². The Balaban J connectivity index is 2.80. The maximum atomic E-state index is 10.9. The van der Waals surface area contributed by atoms with Gasteiger partial charge in [-0.3, -0.25) is 9.59 Å². The Labute approximate surface area is 64.2 Å². The van der Waals surface area contributed by atoms with Crippen molar-refractivity contribution in [3.05, 3.63) is 0 Å². The van der Waals surface area contributed by atoms with Gasteiger partial charge < -0.3 is 9.84 Å². The average Bonchev–Trinajstić information content (AvgIpc) is 2.61. The number of hydrogen-bond donors (Lipinski definition) is 1. The number of rotatable bonds is 2. The van der Waals surface area contributed by atoms with Crippen LogP contribution in [-0.4, -0.2) is 24.2 Å². The lowest BCUT2D eigenvalue weighted by Crippen LogP contribution is -2.28. The molecule has 0 spiro atoms. The van der Waals surface area contributed by atoms with Gasteiger partial charge in [0.05, 0.1) is 7.11 Å². The molecule has 0 aliphatic heterocycles. The maximum Gasteiger partial charge on any atom is 0.323 e. The molecule has 0 aromatic carbocycles. The van der Waals surface area contributed by atoms with E-state index in [1.165, 1.54) is 7.11 Å². The zero-order valence-electron chi connectivity index (χ0n) is 6.46. The average molecular weight is 158 g/mol. The highest BCUT2D eigenvalue weighted by Crippen LogP contribution is 2.53. The predicted molar refractivity (Wildman–Crippen MR) is 35.9 cm³/mol. The molecule has 0 bridgehead atoms. The lowest BCUT2D eigenvalue weighted by molar-refractivity contribution is -0.159. The van der Waals surface area contributed by atoms with E-state index >= 15 is 0 Å². The minimum absolute atomic E-state index is 0.0903. The quantitative estimate of drug-likeness (QED) is 0.462. The highest BCUT2D eigenvalue weighted by Gasteiger charge is 2.65. The Bertz CT molecular complexity index is 210. The normalized spacial score (nSPS) is 34.5. The van der Waals surface area contributed by atoms with E-state index in [9.17, 15) is 9.59 Å². The van der Waals surface area contributed by atoms with Gasteiger partial charge in [0.2, 0.25) is 0 Å². The molecule has 1 rings (SSSR count). The van der Waals surface area contributed by atoms with Crippen LogP contribution in [0.4, 0.5) is 0 Å². The molecule has 0 unspecified atom stereocenters. The molecule has 1 saturated carbocycles. The van der Waals surface area contributed by atoms with Crippen LogP contribution < -0.4 is 0 Å². The van der Waals surface area contributed by atoms with Crippen LogP contribution >= 0.6 is 0 Å². The van der Waals surface area contributed by atoms with E-state index in [1.807, 2.05) is 0 Å². The van der Waals surface area contributed by atoms with E-state index in [4.69, 9.17) is 5.11 Å². The lowest BCUT2D eigenvalue weighted by atomic mass is 10.1. The smallest absolute Gasteiger partial charge is 0.323 e. The van der Waals surface area contributed by atoms with Crippen molar-refractivity contribution in [2.24, 2.45) is 11.3 Å². The molecule has 0 aromatic rings. The van der Waals surface area contributed by atoms with Gasteiger partial charge >= 0.3 is 11.9 Å². The van der Waals surface area contributed by atoms with Crippen molar-refractivity contribution in [2.45, 2.75) is 13.3 Å². The fourth-order valence-electron chi connectivity index (χ4n) is 1.28. The number of esters is 1. The number of ether oxygens (including phenoxy) is 1. The highest BCUT2D eigenvalue weighted by atomic mass is 16.5. The molecule has 1 fully saturated rings. The SMILES string of the molecule is COC(=O)[C@]1(C(=O)O)C[C@@H]1C. The summed E-state index contributed by atoms with van der Waals surface area (Å²) in [6.45, 7) is 1.73. The van der Waals surface area contributed by atoms with Gasteiger partial charge in [-0.2, -0.15) is 0 Å². The van der Waals surface area contributed by atoms with E-state index < -0.39 is 17.4 Å². The molecule has 0 radical (unpaired) electrons. The molecule has 0 heterocycles. The van der Waals surface area contributed by atoms with Crippen LogP contribution in [0.5, 0.6) is 0 Å². The third kappa shape index (κ3) is 0.895. The van der Waals surface area contributed by atoms with Gasteiger partial charge in [0.15, 0.2) is 5.41 Å². The second-order valence-corrected chi connectivity index (χ2v) is 2.87. The molecular formula is C7H10O4. The van der Waals surface area contributed by atoms with Crippen LogP contribution in [0, 0.1) is 11.3 Å². The summed E-state index contributed by atoms with van der Waals surface area (Å²) in [6.07, 6.45) is 0.398. The number of methoxy groups -OCH3 is 1. The van der Waals surface area contributed by atoms with Gasteiger partial charge in [-0.05, 0) is 12.3 Å². The Kier molecular flexibility index (Phi) is 1.62. The van der Waals surface area contributed by atoms with Crippen LogP contribution in [0.25, 0.3) is 0 Å². The third-order valence-electron chi connectivity index (χ3n) is 2.24. The van der Waals surface area contributed by atoms with Crippen molar-refractivity contribution >= 4 is 11.9 Å². The zero-order chi connectivity index (χ0) is 8.65. The topological polar surface area (TPSA) is 63.6 Å². The second-order valence-electron chi connectivity index (χ2n) is 2.87. The van der Waals surface area contributed by atoms with Crippen LogP contribution in [0.2, 0.25) is 0 Å². The summed E-state index contributed by atoms with van der Waals surface area (Å²) in [6, 6.07) is 0. The van der Waals surface area contributed by atoms with Crippen molar-refractivity contribution in [1.29, 1.82) is 0 Å². The monoisotopic (exact) mass is 158 g/mol. The maximum absolute atomic E-state index is 10.9. The molecule has 2 atom stereocenters. The molecule has 11 heavy (non-hydrogen) atoms. The molecule has 1 aliphatic rings. The predicted octanol–water partition coefficient (Wildman–Crippen LogP) is 0.270. The Hall–Kier alpha value is -1.06. The van der Waals surface area contributed by atoms with E-state index in [0.717, 1.165) is 0 Å². The molecule has 1 N–H and O–H groups in total. The Morgan fingerprint density at radius 1 is 1.64 bits per heavy atom. The first-order valence-electron chi connectivity index (χ1n) is 3.37. The summed E-state index contributed by atoms with van der Waals surface area (Å²) in [7, 11) is 1.21. The molecule has 4 nitrogen and oxygen atoms in total. The van der Waals surface area contributed by atoms with Crippen molar-refractivity contribution in [1.82, 2.24) is 0 Å². The van der Waals surface area contributed by atoms with Crippen molar-refractivity contribution in [3.63, 3.8) is 0 Å². The standard InChI is InChI=1S/C7H10O4/c1-4-3-7(4,5(8)9)6(10)11-2/h4H,3H2,1-2H3,(H,8,9)/t4-,7+/m0/s1. The summed E-state index contributed by atoms with van der Waals surface area (Å²) in [5, 5.41) is 8.67. The molecule has 62 valence electrons. The summed E-state index contributed by atoms with van der Waals surface area (Å²) < 4.78 is 4.39. The second kappa shape index (κ2) is 2.22. The first kappa shape index (κ1) is 8.04. The summed E-state index contributed by atoms with van der Waals surface area (Å²) in [4.78, 5) is 21.5. The van der Waals surface area contributed by atoms with Crippen LogP contribution in [0.1, 0.15) is 13.3 Å². The highest BCUT2D eigenvalue weighted by molar-refractivity contribution is 6.02. The van der Waals surface area contributed by atoms with Gasteiger partial charge in [-0.15, -0.1) is 0 Å². The van der Waals surface area contributed by atoms with Gasteiger partial charge in [0.1, 0.15) is 0 Å². The molecule has 0 saturated heterocycles. The molecular weight excluding hydrogens is 148 g/mol. The largest absolute Gasteiger partial charge is 0.480 e. The van der Waals surface area contributed by atoms with Gasteiger partial charge in [-0.25, -0.2) is 0 Å². The number of carbonyl (C=O) groups is 2. The fourth-order valence-corrected chi connectivity index (χ4v) is 1.28. The van der Waals surface area contributed by atoms with Crippen molar-refractivity contribution in [3.8, 4) is 0 Å². The summed E-state index contributed by atoms with van der Waals surface area (Å²) >= 11 is 0. The molecule has 0 aromatic heterocycles. The van der Waals surface area contributed by atoms with Gasteiger partial charge in [0, 0.05) is 0 Å². The third-order valence-corrected chi connectivity index (χ3v) is 2.24. The zero-order valence-corrected chi connectivity index (χ0v) is 6.46. The lowest BCUT2D eigenvalue weighted by Gasteiger charge is -2.06. The number of carboxylic acid groups (broad SMARTS) is 1. The fraction of sp³-hybridized carbons (Fsp3) is 0.714. The summed E-state index contributed by atoms with van der Waals surface area (Å²) in [5.41, 5.74) is -1.23. The van der Waals surface area contributed by atoms with E-state index in [1.54, 1.807) is 6.92 Å². The van der Waals surface area contributed by atoms with Crippen molar-refractivity contribution < 1.29 is 19.4 Å². The number of hydrogen-bond acceptors (Lipinski definition) is 3. The number of carboxylic acids is 1. The minimum atomic E-state index is -1.23. The first-order chi connectivity index (χ1) is 5.05. The molecule has 0 amide bonds. The van der Waals surface area contributed by atoms with E-state index in [-0.39, 0.29) is 5.92 Å². The van der Waals surface area contributed by atoms with Crippen LogP contribution in [0.3, 0.4) is 0 Å². The summed E-state index contributed by atoms with van der Waals surface area (Å²) in [5.74, 6) is -1.79. The number of carbonyl (C=O) groups excluding carboxylic acids is 1. The van der Waals surface area contributed by atoms with Crippen LogP contribution in [-0.2, 0) is 14.3 Å². The Morgan fingerprint density at radius 3 is 2.18 bits per heavy atom. The Morgan fingerprint density at radius 2 is 2.09 bits per heavy atom. The van der Waals surface area contributed by atoms with Gasteiger partial charge in [-0.1, -0.05) is 6.92 Å². The van der Waals surface area contributed by atoms with E-state index in [2.05, 4.69) is 4.74 Å². The van der Waals surface area contributed by atoms with Crippen molar-refractivity contribution in [2.75, 3.05) is 7.11 Å². The molecule has 1 aliphatic carbocycles.